The zero-order valence-electron chi connectivity index (χ0n) is 8.40. The molecule has 1 heterocycles. The average Bonchev–Trinajstić information content (AvgIpc) is 2.53. The predicted molar refractivity (Wildman–Crippen MR) is 60.0 cm³/mol. The smallest absolute Gasteiger partial charge is 0.0954 e. The monoisotopic (exact) mass is 233 g/mol. The van der Waals surface area contributed by atoms with Crippen LogP contribution >= 0.6 is 11.3 Å². The van der Waals surface area contributed by atoms with Crippen molar-refractivity contribution >= 4 is 22.1 Å². The van der Waals surface area contributed by atoms with Gasteiger partial charge in [0.05, 0.1) is 23.1 Å². The molecule has 1 atom stereocenters. The molecule has 1 unspecified atom stereocenters. The summed E-state index contributed by atoms with van der Waals surface area (Å²) < 4.78 is 11.3. The lowest BCUT2D eigenvalue weighted by Crippen LogP contribution is -2.04. The minimum Gasteiger partial charge on any atom is -0.395 e. The highest BCUT2D eigenvalue weighted by molar-refractivity contribution is 7.84. The molecule has 0 spiro atoms. The fourth-order valence-corrected chi connectivity index (χ4v) is 2.76. The van der Waals surface area contributed by atoms with Gasteiger partial charge >= 0.3 is 0 Å². The van der Waals surface area contributed by atoms with E-state index in [-0.39, 0.29) is 6.61 Å². The lowest BCUT2D eigenvalue weighted by atomic mass is 10.2. The molecule has 0 saturated carbocycles. The first-order valence-electron chi connectivity index (χ1n) is 4.53. The Morgan fingerprint density at radius 3 is 2.86 bits per heavy atom. The average molecular weight is 233 g/mol. The van der Waals surface area contributed by atoms with Crippen LogP contribution in [0.3, 0.4) is 0 Å². The van der Waals surface area contributed by atoms with Crippen LogP contribution < -0.4 is 0 Å². The molecule has 0 amide bonds. The predicted octanol–water partition coefficient (Wildman–Crippen LogP) is 1.51. The number of aliphatic hydroxyl groups excluding tert-OH is 1. The normalized spacial score (nSPS) is 13.4. The van der Waals surface area contributed by atoms with Crippen molar-refractivity contribution in [2.75, 3.05) is 12.4 Å². The molecule has 0 aliphatic carbocycles. The van der Waals surface area contributed by atoms with Crippen LogP contribution in [0.2, 0.25) is 0 Å². The largest absolute Gasteiger partial charge is 0.395 e. The second-order valence-electron chi connectivity index (χ2n) is 3.34. The van der Waals surface area contributed by atoms with Gasteiger partial charge in [0.15, 0.2) is 0 Å². The quantitative estimate of drug-likeness (QED) is 0.838. The molecule has 0 aliphatic heterocycles. The van der Waals surface area contributed by atoms with E-state index in [4.69, 9.17) is 5.11 Å². The van der Waals surface area contributed by atoms with Crippen LogP contribution in [0.4, 0.5) is 0 Å². The summed E-state index contributed by atoms with van der Waals surface area (Å²) in [5.74, 6) is 1.23. The number of hydrogen-bond acceptors (Lipinski definition) is 4. The third-order valence-corrected chi connectivity index (χ3v) is 4.14. The highest BCUT2D eigenvalue weighted by Crippen LogP contribution is 2.19. The number of thiazole rings is 1. The van der Waals surface area contributed by atoms with Crippen LogP contribution in [0.25, 0.3) is 0 Å². The van der Waals surface area contributed by atoms with E-state index in [0.29, 0.717) is 17.4 Å². The van der Waals surface area contributed by atoms with E-state index in [1.54, 1.807) is 11.3 Å². The minimum atomic E-state index is -0.977. The van der Waals surface area contributed by atoms with Gasteiger partial charge in [0, 0.05) is 27.9 Å². The highest BCUT2D eigenvalue weighted by atomic mass is 32.2. The van der Waals surface area contributed by atoms with E-state index in [9.17, 15) is 4.21 Å². The van der Waals surface area contributed by atoms with Crippen molar-refractivity contribution in [1.29, 1.82) is 0 Å². The summed E-state index contributed by atoms with van der Waals surface area (Å²) in [7, 11) is -0.977. The second-order valence-corrected chi connectivity index (χ2v) is 5.81. The third-order valence-electron chi connectivity index (χ3n) is 1.69. The molecule has 0 radical (unpaired) electrons. The summed E-state index contributed by atoms with van der Waals surface area (Å²) in [5, 5.41) is 11.6. The van der Waals surface area contributed by atoms with Crippen molar-refractivity contribution in [3.05, 3.63) is 16.1 Å². The van der Waals surface area contributed by atoms with Crippen molar-refractivity contribution in [2.24, 2.45) is 0 Å². The van der Waals surface area contributed by atoms with Gasteiger partial charge < -0.3 is 5.11 Å². The van der Waals surface area contributed by atoms with E-state index < -0.39 is 10.8 Å². The number of nitrogens with zero attached hydrogens (tertiary/aromatic N) is 1. The number of aliphatic hydroxyl groups is 1. The SMILES string of the molecule is CC(C)c1nc(CS(=O)CCO)cs1. The molecule has 0 aromatic carbocycles. The molecule has 1 N–H and O–H groups in total. The molecule has 0 saturated heterocycles. The maximum atomic E-state index is 11.3. The summed E-state index contributed by atoms with van der Waals surface area (Å²) in [6.45, 7) is 4.16. The Balaban J connectivity index is 2.55. The molecule has 0 fully saturated rings. The van der Waals surface area contributed by atoms with E-state index in [2.05, 4.69) is 18.8 Å². The van der Waals surface area contributed by atoms with Gasteiger partial charge in [0.1, 0.15) is 0 Å². The summed E-state index contributed by atoms with van der Waals surface area (Å²) in [6.07, 6.45) is 0. The molecule has 80 valence electrons. The minimum absolute atomic E-state index is 0.0201. The van der Waals surface area contributed by atoms with Crippen LogP contribution in [0.1, 0.15) is 30.5 Å². The van der Waals surface area contributed by atoms with Crippen LogP contribution in [-0.2, 0) is 16.6 Å². The van der Waals surface area contributed by atoms with E-state index in [1.165, 1.54) is 0 Å². The fourth-order valence-electron chi connectivity index (χ4n) is 0.993. The topological polar surface area (TPSA) is 50.2 Å². The first kappa shape index (κ1) is 11.8. The lowest BCUT2D eigenvalue weighted by Gasteiger charge is -1.97. The van der Waals surface area contributed by atoms with Crippen LogP contribution in [-0.4, -0.2) is 26.7 Å². The zero-order valence-corrected chi connectivity index (χ0v) is 10.0. The van der Waals surface area contributed by atoms with E-state index in [1.807, 2.05) is 5.38 Å². The fraction of sp³-hybridized carbons (Fsp3) is 0.667. The first-order chi connectivity index (χ1) is 6.63. The molecular formula is C9H15NO2S2. The van der Waals surface area contributed by atoms with Crippen molar-refractivity contribution in [1.82, 2.24) is 4.98 Å². The van der Waals surface area contributed by atoms with Gasteiger partial charge in [-0.05, 0) is 0 Å². The Kier molecular flexibility index (Phi) is 4.71. The lowest BCUT2D eigenvalue weighted by molar-refractivity contribution is 0.321. The van der Waals surface area contributed by atoms with Gasteiger partial charge in [-0.2, -0.15) is 0 Å². The summed E-state index contributed by atoms with van der Waals surface area (Å²) in [6, 6.07) is 0. The van der Waals surface area contributed by atoms with Crippen molar-refractivity contribution in [3.63, 3.8) is 0 Å². The van der Waals surface area contributed by atoms with Gasteiger partial charge in [-0.1, -0.05) is 13.8 Å². The van der Waals surface area contributed by atoms with E-state index >= 15 is 0 Å². The van der Waals surface area contributed by atoms with Gasteiger partial charge in [0.2, 0.25) is 0 Å². The molecule has 3 nitrogen and oxygen atoms in total. The molecule has 5 heteroatoms. The number of rotatable bonds is 5. The van der Waals surface area contributed by atoms with Gasteiger partial charge in [-0.15, -0.1) is 11.3 Å². The maximum absolute atomic E-state index is 11.3. The van der Waals surface area contributed by atoms with Crippen LogP contribution in [0.15, 0.2) is 5.38 Å². The van der Waals surface area contributed by atoms with Gasteiger partial charge in [-0.25, -0.2) is 4.98 Å². The summed E-state index contributed by atoms with van der Waals surface area (Å²) in [4.78, 5) is 4.38. The first-order valence-corrected chi connectivity index (χ1v) is 6.90. The number of aromatic nitrogens is 1. The molecular weight excluding hydrogens is 218 g/mol. The second kappa shape index (κ2) is 5.58. The molecule has 1 rings (SSSR count). The molecule has 0 bridgehead atoms. The van der Waals surface area contributed by atoms with Crippen LogP contribution in [0.5, 0.6) is 0 Å². The number of hydrogen-bond donors (Lipinski definition) is 1. The van der Waals surface area contributed by atoms with Crippen molar-refractivity contribution < 1.29 is 9.32 Å². The molecule has 0 aliphatic rings. The Labute approximate surface area is 90.6 Å². The van der Waals surface area contributed by atoms with Crippen LogP contribution in [0, 0.1) is 0 Å². The third kappa shape index (κ3) is 3.48. The highest BCUT2D eigenvalue weighted by Gasteiger charge is 2.08. The summed E-state index contributed by atoms with van der Waals surface area (Å²) >= 11 is 1.61. The van der Waals surface area contributed by atoms with Gasteiger partial charge in [-0.3, -0.25) is 4.21 Å². The Bertz CT molecular complexity index is 310. The standard InChI is InChI=1S/C9H15NO2S2/c1-7(2)9-10-8(5-13-9)6-14(12)4-3-11/h5,7,11H,3-4,6H2,1-2H3. The van der Waals surface area contributed by atoms with Crippen molar-refractivity contribution in [3.8, 4) is 0 Å². The van der Waals surface area contributed by atoms with E-state index in [0.717, 1.165) is 10.7 Å². The molecule has 14 heavy (non-hydrogen) atoms. The maximum Gasteiger partial charge on any atom is 0.0954 e. The van der Waals surface area contributed by atoms with Gasteiger partial charge in [0.25, 0.3) is 0 Å². The Morgan fingerprint density at radius 2 is 2.36 bits per heavy atom. The Morgan fingerprint density at radius 1 is 1.64 bits per heavy atom. The van der Waals surface area contributed by atoms with Crippen molar-refractivity contribution in [2.45, 2.75) is 25.5 Å². The zero-order chi connectivity index (χ0) is 10.6. The summed E-state index contributed by atoms with van der Waals surface area (Å²) in [5.41, 5.74) is 0.880. The molecule has 1 aromatic heterocycles. The molecule has 1 aromatic rings. The Hall–Kier alpha value is -0.260.